The molecule has 0 radical (unpaired) electrons. The maximum absolute atomic E-state index is 5.41. The fraction of sp³-hybridized carbons (Fsp3) is 0.213. The molecule has 0 saturated carbocycles. The third-order valence-corrected chi connectivity index (χ3v) is 16.1. The van der Waals surface area contributed by atoms with Crippen molar-refractivity contribution in [2.45, 2.75) is 83.0 Å². The van der Waals surface area contributed by atoms with E-state index in [-0.39, 0.29) is 22.2 Å². The second-order valence-electron chi connectivity index (χ2n) is 20.7. The summed E-state index contributed by atoms with van der Waals surface area (Å²) < 4.78 is 0. The highest BCUT2D eigenvalue weighted by Crippen LogP contribution is 2.63. The minimum Gasteiger partial charge on any atom is -0.318 e. The van der Waals surface area contributed by atoms with Gasteiger partial charge in [0.25, 0.3) is 0 Å². The van der Waals surface area contributed by atoms with Gasteiger partial charge in [-0.05, 0) is 160 Å². The number of aromatic nitrogens is 2. The second-order valence-corrected chi connectivity index (χ2v) is 20.7. The third-order valence-electron chi connectivity index (χ3n) is 16.1. The first-order valence-corrected chi connectivity index (χ1v) is 23.5. The summed E-state index contributed by atoms with van der Waals surface area (Å²) in [5, 5.41) is 0. The van der Waals surface area contributed by atoms with Crippen LogP contribution in [0, 0.1) is 0 Å². The average Bonchev–Trinajstić information content (AvgIpc) is 3.94. The molecule has 2 aliphatic heterocycles. The quantitative estimate of drug-likeness (QED) is 0.167. The van der Waals surface area contributed by atoms with Crippen LogP contribution in [0.2, 0.25) is 0 Å². The molecule has 4 heterocycles. The number of amidine groups is 2. The Hall–Kier alpha value is -7.44. The average molecular weight is 871 g/mol. The van der Waals surface area contributed by atoms with Crippen molar-refractivity contribution in [1.82, 2.24) is 9.97 Å². The molecule has 0 saturated heterocycles. The zero-order valence-electron chi connectivity index (χ0n) is 39.5. The number of pyridine rings is 2. The van der Waals surface area contributed by atoms with Crippen LogP contribution < -0.4 is 9.80 Å². The number of hydrogen-bond donors (Lipinski definition) is 0. The summed E-state index contributed by atoms with van der Waals surface area (Å²) in [5.41, 5.74) is 17.0. The van der Waals surface area contributed by atoms with E-state index in [1.807, 2.05) is 24.8 Å². The van der Waals surface area contributed by atoms with Crippen LogP contribution in [0.4, 0.5) is 11.4 Å². The van der Waals surface area contributed by atoms with E-state index < -0.39 is 5.41 Å². The van der Waals surface area contributed by atoms with Gasteiger partial charge in [0.2, 0.25) is 0 Å². The highest BCUT2D eigenvalue weighted by molar-refractivity contribution is 6.14. The van der Waals surface area contributed by atoms with Gasteiger partial charge in [0.1, 0.15) is 11.7 Å². The van der Waals surface area contributed by atoms with Crippen molar-refractivity contribution in [2.24, 2.45) is 9.98 Å². The number of benzene rings is 6. The van der Waals surface area contributed by atoms with Gasteiger partial charge in [-0.15, -0.1) is 0 Å². The van der Waals surface area contributed by atoms with Crippen molar-refractivity contribution in [3.05, 3.63) is 216 Å². The number of hydrogen-bond acceptors (Lipinski definition) is 6. The summed E-state index contributed by atoms with van der Waals surface area (Å²) in [6, 6.07) is 57.9. The van der Waals surface area contributed by atoms with Crippen LogP contribution in [0.3, 0.4) is 0 Å². The zero-order chi connectivity index (χ0) is 46.1. The summed E-state index contributed by atoms with van der Waals surface area (Å²) in [6.45, 7) is 18.0. The van der Waals surface area contributed by atoms with Crippen LogP contribution in [-0.4, -0.2) is 43.8 Å². The Labute approximate surface area is 394 Å². The topological polar surface area (TPSA) is 57.0 Å². The summed E-state index contributed by atoms with van der Waals surface area (Å²) in [7, 11) is 0. The Kier molecular flexibility index (Phi) is 8.74. The smallest absolute Gasteiger partial charge is 0.138 e. The molecule has 12 rings (SSSR count). The van der Waals surface area contributed by atoms with E-state index in [4.69, 9.17) is 20.0 Å². The van der Waals surface area contributed by atoms with Crippen LogP contribution in [0.25, 0.3) is 44.5 Å². The normalized spacial score (nSPS) is 18.3. The van der Waals surface area contributed by atoms with Gasteiger partial charge in [-0.2, -0.15) is 0 Å². The molecule has 2 aliphatic carbocycles. The summed E-state index contributed by atoms with van der Waals surface area (Å²) in [5.74, 6) is 1.87. The lowest BCUT2D eigenvalue weighted by Crippen LogP contribution is -2.53. The predicted molar refractivity (Wildman–Crippen MR) is 276 cm³/mol. The Morgan fingerprint density at radius 2 is 0.687 bits per heavy atom. The first kappa shape index (κ1) is 41.0. The molecule has 1 spiro atoms. The number of nitrogens with zero attached hydrogens (tertiary/aromatic N) is 6. The molecule has 0 N–H and O–H groups in total. The molecule has 6 nitrogen and oxygen atoms in total. The van der Waals surface area contributed by atoms with Crippen molar-refractivity contribution in [3.8, 4) is 44.5 Å². The van der Waals surface area contributed by atoms with Gasteiger partial charge >= 0.3 is 0 Å². The second kappa shape index (κ2) is 14.3. The minimum atomic E-state index is -0.554. The first-order valence-electron chi connectivity index (χ1n) is 23.5. The number of para-hydroxylation sites is 2. The van der Waals surface area contributed by atoms with Crippen LogP contribution >= 0.6 is 0 Å². The summed E-state index contributed by atoms with van der Waals surface area (Å²) in [6.07, 6.45) is 7.94. The van der Waals surface area contributed by atoms with E-state index in [2.05, 4.69) is 223 Å². The molecular weight excluding hydrogens is 817 g/mol. The van der Waals surface area contributed by atoms with Gasteiger partial charge in [0.05, 0.1) is 27.6 Å². The number of aliphatic imine (C=N–C) groups is 2. The van der Waals surface area contributed by atoms with E-state index in [1.165, 1.54) is 44.5 Å². The zero-order valence-corrected chi connectivity index (χ0v) is 39.5. The highest BCUT2D eigenvalue weighted by atomic mass is 15.3. The SMILES string of the molecule is CC1(C)N=C(c2cncc(-c3ccc4c(c3)C3(c5ccccc5-c5ccccc53)c3cc(-c5cncc(C6=NC(C)(C)C(C)(C)N6c6ccccc6)c5)ccc3-4)c2)N(c2ccccc2)C1(C)C. The first-order chi connectivity index (χ1) is 32.2. The third kappa shape index (κ3) is 5.75. The molecule has 0 fully saturated rings. The fourth-order valence-corrected chi connectivity index (χ4v) is 11.3. The molecule has 6 aromatic carbocycles. The Morgan fingerprint density at radius 3 is 1.10 bits per heavy atom. The Morgan fingerprint density at radius 1 is 0.328 bits per heavy atom. The van der Waals surface area contributed by atoms with E-state index in [0.29, 0.717) is 0 Å². The van der Waals surface area contributed by atoms with Crippen molar-refractivity contribution in [3.63, 3.8) is 0 Å². The molecule has 0 amide bonds. The largest absolute Gasteiger partial charge is 0.318 e. The van der Waals surface area contributed by atoms with Gasteiger partial charge in [0, 0.05) is 58.4 Å². The maximum Gasteiger partial charge on any atom is 0.138 e. The molecule has 4 aliphatic rings. The van der Waals surface area contributed by atoms with Gasteiger partial charge in [-0.25, -0.2) is 0 Å². The van der Waals surface area contributed by atoms with Crippen LogP contribution in [-0.2, 0) is 5.41 Å². The number of fused-ring (bicyclic) bond motifs is 10. The van der Waals surface area contributed by atoms with Crippen LogP contribution in [0.1, 0.15) is 88.8 Å². The van der Waals surface area contributed by atoms with Gasteiger partial charge in [-0.1, -0.05) is 109 Å². The minimum absolute atomic E-state index is 0.272. The molecule has 0 unspecified atom stereocenters. The lowest BCUT2D eigenvalue weighted by atomic mass is 9.70. The lowest BCUT2D eigenvalue weighted by Gasteiger charge is -2.41. The monoisotopic (exact) mass is 870 g/mol. The van der Waals surface area contributed by atoms with E-state index in [1.54, 1.807) is 0 Å². The van der Waals surface area contributed by atoms with Gasteiger partial charge < -0.3 is 9.80 Å². The Bertz CT molecular complexity index is 3150. The van der Waals surface area contributed by atoms with Crippen LogP contribution in [0.15, 0.2) is 192 Å². The molecule has 0 bridgehead atoms. The van der Waals surface area contributed by atoms with Crippen molar-refractivity contribution in [2.75, 3.05) is 9.80 Å². The van der Waals surface area contributed by atoms with Crippen LogP contribution in [0.5, 0.6) is 0 Å². The Balaban J connectivity index is 1.01. The molecule has 0 atom stereocenters. The molecule has 2 aromatic heterocycles. The van der Waals surface area contributed by atoms with E-state index in [9.17, 15) is 0 Å². The number of anilines is 2. The van der Waals surface area contributed by atoms with Crippen molar-refractivity contribution >= 4 is 23.0 Å². The maximum atomic E-state index is 5.41. The van der Waals surface area contributed by atoms with Crippen molar-refractivity contribution in [1.29, 1.82) is 0 Å². The summed E-state index contributed by atoms with van der Waals surface area (Å²) in [4.78, 5) is 25.4. The summed E-state index contributed by atoms with van der Waals surface area (Å²) >= 11 is 0. The standard InChI is InChI=1S/C61H54N6/c1-57(2)59(5,6)66(45-19-11-9-12-20-45)55(64-57)43-31-41(35-62-37-43)39-27-29-49-50-30-28-40(34-54(50)61(53(49)33-39)51-25-17-15-23-47(51)48-24-16-18-26-52(48)61)42-32-44(38-63-36-42)56-65-58(3,4)60(7,8)67(56)46-21-13-10-14-22-46/h9-38H,1-8H3. The molecule has 328 valence electrons. The molecule has 67 heavy (non-hydrogen) atoms. The highest BCUT2D eigenvalue weighted by Gasteiger charge is 2.53. The lowest BCUT2D eigenvalue weighted by molar-refractivity contribution is 0.338. The number of rotatable bonds is 6. The van der Waals surface area contributed by atoms with E-state index in [0.717, 1.165) is 56.4 Å². The van der Waals surface area contributed by atoms with Gasteiger partial charge in [0.15, 0.2) is 0 Å². The van der Waals surface area contributed by atoms with Gasteiger partial charge in [-0.3, -0.25) is 20.0 Å². The fourth-order valence-electron chi connectivity index (χ4n) is 11.3. The molecule has 6 heteroatoms. The van der Waals surface area contributed by atoms with Crippen molar-refractivity contribution < 1.29 is 0 Å². The predicted octanol–water partition coefficient (Wildman–Crippen LogP) is 13.8. The molecular formula is C61H54N6. The van der Waals surface area contributed by atoms with E-state index >= 15 is 0 Å². The molecule has 8 aromatic rings.